The molecule has 0 aliphatic heterocycles. The third kappa shape index (κ3) is 59.1. The molecule has 0 bridgehead atoms. The molecule has 0 radical (unpaired) electrons. The summed E-state index contributed by atoms with van der Waals surface area (Å²) in [5.74, 6) is -0.910. The molecular weight excluding hydrogens is 901 g/mol. The van der Waals surface area contributed by atoms with Crippen LogP contribution in [0.5, 0.6) is 0 Å². The molecule has 0 amide bonds. The van der Waals surface area contributed by atoms with Gasteiger partial charge < -0.3 is 14.2 Å². The van der Waals surface area contributed by atoms with Gasteiger partial charge in [0.25, 0.3) is 0 Å². The van der Waals surface area contributed by atoms with Gasteiger partial charge in [0.1, 0.15) is 13.2 Å². The highest BCUT2D eigenvalue weighted by Crippen LogP contribution is 2.15. The van der Waals surface area contributed by atoms with Crippen molar-refractivity contribution in [3.63, 3.8) is 0 Å². The minimum Gasteiger partial charge on any atom is -0.462 e. The van der Waals surface area contributed by atoms with Crippen LogP contribution >= 0.6 is 0 Å². The number of hydrogen-bond donors (Lipinski definition) is 0. The molecule has 0 aromatic carbocycles. The van der Waals surface area contributed by atoms with Crippen molar-refractivity contribution in [2.75, 3.05) is 13.2 Å². The third-order valence-electron chi connectivity index (χ3n) is 13.0. The first-order chi connectivity index (χ1) is 36.0. The van der Waals surface area contributed by atoms with E-state index in [1.165, 1.54) is 122 Å². The van der Waals surface area contributed by atoms with Crippen molar-refractivity contribution >= 4 is 17.9 Å². The Kier molecular flexibility index (Phi) is 57.8. The van der Waals surface area contributed by atoms with Gasteiger partial charge in [-0.15, -0.1) is 0 Å². The maximum atomic E-state index is 12.9. The van der Waals surface area contributed by atoms with Crippen LogP contribution in [-0.2, 0) is 28.6 Å². The van der Waals surface area contributed by atoms with Crippen molar-refractivity contribution in [1.82, 2.24) is 0 Å². The average Bonchev–Trinajstić information content (AvgIpc) is 3.39. The molecule has 6 nitrogen and oxygen atoms in total. The van der Waals surface area contributed by atoms with Gasteiger partial charge in [-0.3, -0.25) is 14.4 Å². The van der Waals surface area contributed by atoms with E-state index in [2.05, 4.69) is 118 Å². The Hall–Kier alpha value is -3.67. The van der Waals surface area contributed by atoms with Crippen molar-refractivity contribution in [2.24, 2.45) is 0 Å². The van der Waals surface area contributed by atoms with Gasteiger partial charge in [0, 0.05) is 19.3 Å². The second kappa shape index (κ2) is 60.9. The molecule has 418 valence electrons. The molecule has 0 saturated carbocycles. The van der Waals surface area contributed by atoms with Crippen LogP contribution in [0, 0.1) is 0 Å². The molecular formula is C67H114O6. The summed E-state index contributed by atoms with van der Waals surface area (Å²) in [7, 11) is 0. The lowest BCUT2D eigenvalue weighted by Gasteiger charge is -2.18. The molecule has 73 heavy (non-hydrogen) atoms. The second-order valence-electron chi connectivity index (χ2n) is 20.2. The summed E-state index contributed by atoms with van der Waals surface area (Å²) in [5, 5.41) is 0. The van der Waals surface area contributed by atoms with Crippen molar-refractivity contribution in [3.05, 3.63) is 97.2 Å². The van der Waals surface area contributed by atoms with E-state index >= 15 is 0 Å². The fourth-order valence-corrected chi connectivity index (χ4v) is 8.44. The lowest BCUT2D eigenvalue weighted by molar-refractivity contribution is -0.167. The number of carbonyl (C=O) groups is 3. The number of esters is 3. The van der Waals surface area contributed by atoms with Gasteiger partial charge in [-0.1, -0.05) is 246 Å². The van der Waals surface area contributed by atoms with Gasteiger partial charge in [-0.05, 0) is 122 Å². The fraction of sp³-hybridized carbons (Fsp3) is 0.716. The third-order valence-corrected chi connectivity index (χ3v) is 13.0. The Morgan fingerprint density at radius 2 is 0.534 bits per heavy atom. The topological polar surface area (TPSA) is 78.9 Å². The highest BCUT2D eigenvalue weighted by atomic mass is 16.6. The molecule has 0 aromatic heterocycles. The number of rotatable bonds is 55. The maximum absolute atomic E-state index is 12.9. The van der Waals surface area contributed by atoms with E-state index in [0.717, 1.165) is 128 Å². The van der Waals surface area contributed by atoms with E-state index in [1.807, 2.05) is 0 Å². The van der Waals surface area contributed by atoms with Crippen LogP contribution in [0.25, 0.3) is 0 Å². The predicted molar refractivity (Wildman–Crippen MR) is 316 cm³/mol. The van der Waals surface area contributed by atoms with E-state index in [-0.39, 0.29) is 31.1 Å². The molecule has 0 saturated heterocycles. The zero-order valence-electron chi connectivity index (χ0n) is 47.9. The Labute approximate surface area is 451 Å². The van der Waals surface area contributed by atoms with Gasteiger partial charge in [-0.2, -0.15) is 0 Å². The second-order valence-corrected chi connectivity index (χ2v) is 20.2. The van der Waals surface area contributed by atoms with Crippen LogP contribution < -0.4 is 0 Å². The van der Waals surface area contributed by atoms with Crippen molar-refractivity contribution in [3.8, 4) is 0 Å². The van der Waals surface area contributed by atoms with E-state index in [9.17, 15) is 14.4 Å². The number of unbranched alkanes of at least 4 members (excludes halogenated alkanes) is 28. The fourth-order valence-electron chi connectivity index (χ4n) is 8.44. The first kappa shape index (κ1) is 69.3. The number of hydrogen-bond acceptors (Lipinski definition) is 6. The smallest absolute Gasteiger partial charge is 0.306 e. The first-order valence-corrected chi connectivity index (χ1v) is 30.7. The van der Waals surface area contributed by atoms with Crippen LogP contribution in [-0.4, -0.2) is 37.2 Å². The summed E-state index contributed by atoms with van der Waals surface area (Å²) in [5.41, 5.74) is 0. The molecule has 1 unspecified atom stereocenters. The van der Waals surface area contributed by atoms with Crippen LogP contribution in [0.4, 0.5) is 0 Å². The molecule has 0 aliphatic rings. The van der Waals surface area contributed by atoms with Crippen molar-refractivity contribution in [2.45, 2.75) is 297 Å². The van der Waals surface area contributed by atoms with Gasteiger partial charge >= 0.3 is 17.9 Å². The van der Waals surface area contributed by atoms with Gasteiger partial charge in [0.2, 0.25) is 0 Å². The summed E-state index contributed by atoms with van der Waals surface area (Å²) in [6, 6.07) is 0. The minimum atomic E-state index is -0.792. The Bertz CT molecular complexity index is 1440. The lowest BCUT2D eigenvalue weighted by atomic mass is 10.1. The summed E-state index contributed by atoms with van der Waals surface area (Å²) >= 11 is 0. The SMILES string of the molecule is CC/C=C\C/C=C\C/C=C\C/C=C\C/C=C\CCCCCCCCCCCC(=O)OCC(COC(=O)CCCCCCC/C=C\CCCCCCC)OC(=O)CCCCCCC/C=C\C/C=C\CCCCCC. The molecule has 1 atom stereocenters. The molecule has 0 spiro atoms. The van der Waals surface area contributed by atoms with Gasteiger partial charge in [0.15, 0.2) is 6.10 Å². The first-order valence-electron chi connectivity index (χ1n) is 30.7. The normalized spacial score (nSPS) is 12.8. The van der Waals surface area contributed by atoms with Gasteiger partial charge in [0.05, 0.1) is 0 Å². The van der Waals surface area contributed by atoms with Crippen molar-refractivity contribution < 1.29 is 28.6 Å². The molecule has 0 heterocycles. The molecule has 6 heteroatoms. The summed E-state index contributed by atoms with van der Waals surface area (Å²) in [4.78, 5) is 38.2. The lowest BCUT2D eigenvalue weighted by Crippen LogP contribution is -2.30. The van der Waals surface area contributed by atoms with Gasteiger partial charge in [-0.25, -0.2) is 0 Å². The standard InChI is InChI=1S/C67H114O6/c1-4-7-10-13-16-19-22-25-28-30-31-32-33-34-35-36-37-38-40-42-45-48-51-54-57-60-66(69)72-63-64(62-71-65(68)59-56-53-50-47-44-41-27-24-21-18-15-12-9-6-3)73-67(70)61-58-55-52-49-46-43-39-29-26-23-20-17-14-11-8-5-2/h7,10,16,19-20,23-25,27-29,31-32,34-35,39,64H,4-6,8-9,11-15,17-18,21-22,26,30,33,36-38,40-63H2,1-3H3/b10-7-,19-16-,23-20-,27-24-,28-25-,32-31-,35-34-,39-29-. The Morgan fingerprint density at radius 3 is 0.863 bits per heavy atom. The van der Waals surface area contributed by atoms with E-state index in [0.29, 0.717) is 19.3 Å². The Balaban J connectivity index is 4.36. The summed E-state index contributed by atoms with van der Waals surface area (Å²) in [6.07, 6.45) is 81.1. The molecule has 0 N–H and O–H groups in total. The molecule has 0 rings (SSSR count). The zero-order chi connectivity index (χ0) is 52.9. The monoisotopic (exact) mass is 1010 g/mol. The number of carbonyl (C=O) groups excluding carboxylic acids is 3. The van der Waals surface area contributed by atoms with E-state index in [4.69, 9.17) is 14.2 Å². The highest BCUT2D eigenvalue weighted by molar-refractivity contribution is 5.71. The minimum absolute atomic E-state index is 0.0888. The van der Waals surface area contributed by atoms with E-state index in [1.54, 1.807) is 0 Å². The molecule has 0 aliphatic carbocycles. The number of allylic oxidation sites excluding steroid dienone is 16. The largest absolute Gasteiger partial charge is 0.462 e. The van der Waals surface area contributed by atoms with Crippen LogP contribution in [0.2, 0.25) is 0 Å². The summed E-state index contributed by atoms with van der Waals surface area (Å²) in [6.45, 7) is 6.49. The molecule has 0 aromatic rings. The summed E-state index contributed by atoms with van der Waals surface area (Å²) < 4.78 is 16.9. The van der Waals surface area contributed by atoms with Crippen LogP contribution in [0.15, 0.2) is 97.2 Å². The quantitative estimate of drug-likeness (QED) is 0.0261. The van der Waals surface area contributed by atoms with E-state index < -0.39 is 6.10 Å². The van der Waals surface area contributed by atoms with Crippen LogP contribution in [0.3, 0.4) is 0 Å². The predicted octanol–water partition coefficient (Wildman–Crippen LogP) is 20.9. The van der Waals surface area contributed by atoms with Crippen molar-refractivity contribution in [1.29, 1.82) is 0 Å². The molecule has 0 fully saturated rings. The van der Waals surface area contributed by atoms with Crippen LogP contribution in [0.1, 0.15) is 290 Å². The average molecular weight is 1020 g/mol. The number of ether oxygens (including phenoxy) is 3. The maximum Gasteiger partial charge on any atom is 0.306 e. The Morgan fingerprint density at radius 1 is 0.288 bits per heavy atom. The highest BCUT2D eigenvalue weighted by Gasteiger charge is 2.19. The zero-order valence-corrected chi connectivity index (χ0v) is 47.9.